The van der Waals surface area contributed by atoms with Crippen molar-refractivity contribution in [1.82, 2.24) is 0 Å². The van der Waals surface area contributed by atoms with Gasteiger partial charge in [-0.1, -0.05) is 38.8 Å². The van der Waals surface area contributed by atoms with E-state index in [4.69, 9.17) is 5.73 Å². The number of hydrogen-bond acceptors (Lipinski definition) is 3. The van der Waals surface area contributed by atoms with Gasteiger partial charge in [-0.25, -0.2) is 0 Å². The highest BCUT2D eigenvalue weighted by atomic mass is 79.9. The second-order valence-corrected chi connectivity index (χ2v) is 5.52. The van der Waals surface area contributed by atoms with Crippen molar-refractivity contribution in [3.8, 4) is 0 Å². The first-order valence-electron chi connectivity index (χ1n) is 6.52. The summed E-state index contributed by atoms with van der Waals surface area (Å²) in [6.45, 7) is 5.28. The summed E-state index contributed by atoms with van der Waals surface area (Å²) >= 11 is 3.60. The number of hydrogen-bond donors (Lipinski definition) is 1. The van der Waals surface area contributed by atoms with E-state index in [1.54, 1.807) is 0 Å². The third kappa shape index (κ3) is 2.39. The zero-order valence-electron chi connectivity index (χ0n) is 10.9. The summed E-state index contributed by atoms with van der Waals surface area (Å²) in [7, 11) is 0. The highest BCUT2D eigenvalue weighted by molar-refractivity contribution is 9.10. The SMILES string of the molecule is CCC(CC)C1CN=C(N)N1c1ccccc1Br. The van der Waals surface area contributed by atoms with E-state index < -0.39 is 0 Å². The molecular formula is C14H20BrN3. The molecule has 3 nitrogen and oxygen atoms in total. The molecule has 0 radical (unpaired) electrons. The van der Waals surface area contributed by atoms with E-state index in [-0.39, 0.29) is 0 Å². The van der Waals surface area contributed by atoms with Gasteiger partial charge in [0.05, 0.1) is 18.3 Å². The fourth-order valence-corrected chi connectivity index (χ4v) is 3.13. The normalized spacial score (nSPS) is 19.4. The van der Waals surface area contributed by atoms with Crippen LogP contribution in [0.4, 0.5) is 5.69 Å². The predicted octanol–water partition coefficient (Wildman–Crippen LogP) is 3.39. The largest absolute Gasteiger partial charge is 0.370 e. The van der Waals surface area contributed by atoms with Gasteiger partial charge in [-0.05, 0) is 34.0 Å². The summed E-state index contributed by atoms with van der Waals surface area (Å²) in [5.74, 6) is 1.26. The Morgan fingerprint density at radius 2 is 2.06 bits per heavy atom. The number of benzene rings is 1. The molecule has 0 aromatic heterocycles. The van der Waals surface area contributed by atoms with E-state index in [1.807, 2.05) is 18.2 Å². The predicted molar refractivity (Wildman–Crippen MR) is 81.0 cm³/mol. The molecule has 0 saturated carbocycles. The molecule has 1 aromatic carbocycles. The van der Waals surface area contributed by atoms with Gasteiger partial charge in [-0.15, -0.1) is 0 Å². The monoisotopic (exact) mass is 309 g/mol. The third-order valence-electron chi connectivity index (χ3n) is 3.72. The van der Waals surface area contributed by atoms with Crippen LogP contribution in [0.2, 0.25) is 0 Å². The van der Waals surface area contributed by atoms with Crippen LogP contribution in [0.1, 0.15) is 26.7 Å². The molecule has 1 aliphatic heterocycles. The van der Waals surface area contributed by atoms with Crippen molar-refractivity contribution in [1.29, 1.82) is 0 Å². The van der Waals surface area contributed by atoms with Crippen molar-refractivity contribution in [2.75, 3.05) is 11.4 Å². The van der Waals surface area contributed by atoms with Crippen molar-refractivity contribution >= 4 is 27.6 Å². The Labute approximate surface area is 117 Å². The smallest absolute Gasteiger partial charge is 0.196 e. The molecular weight excluding hydrogens is 290 g/mol. The number of para-hydroxylation sites is 1. The van der Waals surface area contributed by atoms with Crippen molar-refractivity contribution in [3.05, 3.63) is 28.7 Å². The topological polar surface area (TPSA) is 41.6 Å². The Bertz CT molecular complexity index is 440. The van der Waals surface area contributed by atoms with Gasteiger partial charge in [0.1, 0.15) is 0 Å². The van der Waals surface area contributed by atoms with Crippen LogP contribution in [0.15, 0.2) is 33.7 Å². The standard InChI is InChI=1S/C14H20BrN3/c1-3-10(4-2)13-9-17-14(16)18(13)12-8-6-5-7-11(12)15/h5-8,10,13H,3-4,9H2,1-2H3,(H2,16,17). The number of guanidine groups is 1. The molecule has 2 rings (SSSR count). The van der Waals surface area contributed by atoms with Gasteiger partial charge in [0, 0.05) is 4.47 Å². The number of rotatable bonds is 4. The Morgan fingerprint density at radius 3 is 2.67 bits per heavy atom. The average Bonchev–Trinajstić information content (AvgIpc) is 2.74. The van der Waals surface area contributed by atoms with Gasteiger partial charge >= 0.3 is 0 Å². The molecule has 2 N–H and O–H groups in total. The van der Waals surface area contributed by atoms with Gasteiger partial charge in [-0.3, -0.25) is 4.99 Å². The number of nitrogens with zero attached hydrogens (tertiary/aromatic N) is 2. The Kier molecular flexibility index (Phi) is 4.27. The van der Waals surface area contributed by atoms with E-state index in [0.29, 0.717) is 17.9 Å². The molecule has 1 aromatic rings. The first kappa shape index (κ1) is 13.4. The summed E-state index contributed by atoms with van der Waals surface area (Å²) in [5.41, 5.74) is 7.19. The van der Waals surface area contributed by atoms with Gasteiger partial charge < -0.3 is 10.6 Å². The van der Waals surface area contributed by atoms with E-state index in [9.17, 15) is 0 Å². The van der Waals surface area contributed by atoms with Crippen molar-refractivity contribution in [3.63, 3.8) is 0 Å². The molecule has 1 heterocycles. The summed E-state index contributed by atoms with van der Waals surface area (Å²) in [5, 5.41) is 0. The Hall–Kier alpha value is -1.03. The quantitative estimate of drug-likeness (QED) is 0.926. The fourth-order valence-electron chi connectivity index (χ4n) is 2.66. The molecule has 98 valence electrons. The number of nitrogens with two attached hydrogens (primary N) is 1. The van der Waals surface area contributed by atoms with Crippen LogP contribution in [0.3, 0.4) is 0 Å². The zero-order valence-corrected chi connectivity index (χ0v) is 12.5. The lowest BCUT2D eigenvalue weighted by Gasteiger charge is -2.32. The highest BCUT2D eigenvalue weighted by Crippen LogP contribution is 2.33. The number of anilines is 1. The van der Waals surface area contributed by atoms with Crippen LogP contribution in [-0.2, 0) is 0 Å². The molecule has 18 heavy (non-hydrogen) atoms. The molecule has 0 amide bonds. The van der Waals surface area contributed by atoms with E-state index in [1.165, 1.54) is 0 Å². The minimum atomic E-state index is 0.388. The summed E-state index contributed by atoms with van der Waals surface area (Å²) in [4.78, 5) is 6.62. The number of aliphatic imine (C=N–C) groups is 1. The maximum Gasteiger partial charge on any atom is 0.196 e. The molecule has 1 unspecified atom stereocenters. The summed E-state index contributed by atoms with van der Waals surface area (Å²) in [6.07, 6.45) is 2.32. The second kappa shape index (κ2) is 5.74. The molecule has 0 fully saturated rings. The lowest BCUT2D eigenvalue weighted by Crippen LogP contribution is -2.44. The zero-order chi connectivity index (χ0) is 13.1. The van der Waals surface area contributed by atoms with Crippen molar-refractivity contribution in [2.24, 2.45) is 16.6 Å². The molecule has 0 saturated heterocycles. The van der Waals surface area contributed by atoms with Crippen molar-refractivity contribution < 1.29 is 0 Å². The molecule has 0 spiro atoms. The lowest BCUT2D eigenvalue weighted by atomic mass is 9.93. The van der Waals surface area contributed by atoms with Gasteiger partial charge in [-0.2, -0.15) is 0 Å². The molecule has 0 aliphatic carbocycles. The fraction of sp³-hybridized carbons (Fsp3) is 0.500. The van der Waals surface area contributed by atoms with E-state index >= 15 is 0 Å². The Morgan fingerprint density at radius 1 is 1.39 bits per heavy atom. The maximum absolute atomic E-state index is 6.07. The van der Waals surface area contributed by atoms with E-state index in [2.05, 4.69) is 45.7 Å². The van der Waals surface area contributed by atoms with Crippen LogP contribution >= 0.6 is 15.9 Å². The molecule has 1 atom stereocenters. The van der Waals surface area contributed by atoms with Gasteiger partial charge in [0.2, 0.25) is 0 Å². The van der Waals surface area contributed by atoms with Gasteiger partial charge in [0.15, 0.2) is 5.96 Å². The Balaban J connectivity index is 2.33. The average molecular weight is 310 g/mol. The number of halogens is 1. The molecule has 1 aliphatic rings. The highest BCUT2D eigenvalue weighted by Gasteiger charge is 2.32. The van der Waals surface area contributed by atoms with Crippen molar-refractivity contribution in [2.45, 2.75) is 32.7 Å². The van der Waals surface area contributed by atoms with Crippen LogP contribution in [0, 0.1) is 5.92 Å². The summed E-state index contributed by atoms with van der Waals surface area (Å²) < 4.78 is 1.07. The van der Waals surface area contributed by atoms with Crippen LogP contribution < -0.4 is 10.6 Å². The van der Waals surface area contributed by atoms with E-state index in [0.717, 1.165) is 29.5 Å². The molecule has 4 heteroatoms. The van der Waals surface area contributed by atoms with Crippen LogP contribution in [0.25, 0.3) is 0 Å². The maximum atomic E-state index is 6.07. The third-order valence-corrected chi connectivity index (χ3v) is 4.39. The minimum absolute atomic E-state index is 0.388. The second-order valence-electron chi connectivity index (χ2n) is 4.66. The first-order chi connectivity index (χ1) is 8.69. The molecule has 0 bridgehead atoms. The van der Waals surface area contributed by atoms with Crippen LogP contribution in [0.5, 0.6) is 0 Å². The lowest BCUT2D eigenvalue weighted by molar-refractivity contribution is 0.411. The summed E-state index contributed by atoms with van der Waals surface area (Å²) in [6, 6.07) is 8.58. The minimum Gasteiger partial charge on any atom is -0.370 e. The van der Waals surface area contributed by atoms with Crippen LogP contribution in [-0.4, -0.2) is 18.5 Å². The first-order valence-corrected chi connectivity index (χ1v) is 7.32. The van der Waals surface area contributed by atoms with Gasteiger partial charge in [0.25, 0.3) is 0 Å².